The van der Waals surface area contributed by atoms with Gasteiger partial charge in [-0.05, 0) is 52.8 Å². The largest absolute Gasteiger partial charge is 0.358 e. The standard InChI is InChI=1S/C20H26N4O3S/c1-8-16-10-9-11-17(12-16)23(13-18(25)21-7)28(26,27)19-14(2)22-24(15(19)3)20(4,5)6/h1,9-12H,13H2,2-7H3,(H,21,25). The number of hydrogen-bond donors (Lipinski definition) is 1. The molecular weight excluding hydrogens is 376 g/mol. The van der Waals surface area contributed by atoms with Gasteiger partial charge in [-0.2, -0.15) is 5.10 Å². The molecule has 0 saturated carbocycles. The van der Waals surface area contributed by atoms with Crippen LogP contribution in [-0.4, -0.2) is 37.7 Å². The molecule has 28 heavy (non-hydrogen) atoms. The first-order valence-corrected chi connectivity index (χ1v) is 10.2. The molecule has 1 amide bonds. The third-order valence-corrected chi connectivity index (χ3v) is 6.30. The van der Waals surface area contributed by atoms with Gasteiger partial charge in [-0.1, -0.05) is 12.0 Å². The maximum atomic E-state index is 13.6. The number of likely N-dealkylation sites (N-methyl/N-ethyl adjacent to an activating group) is 1. The van der Waals surface area contributed by atoms with Gasteiger partial charge in [0, 0.05) is 12.6 Å². The van der Waals surface area contributed by atoms with Gasteiger partial charge < -0.3 is 5.32 Å². The topological polar surface area (TPSA) is 84.3 Å². The molecule has 0 unspecified atom stereocenters. The average Bonchev–Trinajstić information content (AvgIpc) is 2.94. The summed E-state index contributed by atoms with van der Waals surface area (Å²) in [5.41, 5.74) is 1.34. The van der Waals surface area contributed by atoms with E-state index >= 15 is 0 Å². The molecule has 2 aromatic rings. The maximum Gasteiger partial charge on any atom is 0.268 e. The molecule has 1 heterocycles. The molecule has 1 N–H and O–H groups in total. The lowest BCUT2D eigenvalue weighted by Crippen LogP contribution is -2.40. The molecule has 2 rings (SSSR count). The molecule has 1 aromatic heterocycles. The van der Waals surface area contributed by atoms with Crippen LogP contribution in [-0.2, 0) is 20.4 Å². The monoisotopic (exact) mass is 402 g/mol. The average molecular weight is 403 g/mol. The van der Waals surface area contributed by atoms with E-state index in [0.717, 1.165) is 4.31 Å². The van der Waals surface area contributed by atoms with Crippen molar-refractivity contribution >= 4 is 21.6 Å². The quantitative estimate of drug-likeness (QED) is 0.777. The van der Waals surface area contributed by atoms with E-state index in [-0.39, 0.29) is 11.4 Å². The number of nitrogens with zero attached hydrogens (tertiary/aromatic N) is 3. The molecule has 8 heteroatoms. The van der Waals surface area contributed by atoms with E-state index in [1.165, 1.54) is 7.05 Å². The summed E-state index contributed by atoms with van der Waals surface area (Å²) in [5.74, 6) is 2.05. The summed E-state index contributed by atoms with van der Waals surface area (Å²) < 4.78 is 30.0. The van der Waals surface area contributed by atoms with Crippen LogP contribution >= 0.6 is 0 Å². The smallest absolute Gasteiger partial charge is 0.268 e. The number of nitrogens with one attached hydrogen (secondary N) is 1. The first-order valence-electron chi connectivity index (χ1n) is 8.80. The number of aryl methyl sites for hydroxylation is 1. The number of rotatable bonds is 5. The molecule has 1 aromatic carbocycles. The Morgan fingerprint density at radius 1 is 1.32 bits per heavy atom. The van der Waals surface area contributed by atoms with Crippen molar-refractivity contribution in [3.05, 3.63) is 41.2 Å². The number of hydrogen-bond acceptors (Lipinski definition) is 4. The molecule has 7 nitrogen and oxygen atoms in total. The number of aromatic nitrogens is 2. The summed E-state index contributed by atoms with van der Waals surface area (Å²) in [6.07, 6.45) is 5.46. The molecule has 0 aliphatic rings. The predicted molar refractivity (Wildman–Crippen MR) is 110 cm³/mol. The minimum Gasteiger partial charge on any atom is -0.358 e. The summed E-state index contributed by atoms with van der Waals surface area (Å²) in [4.78, 5) is 12.2. The highest BCUT2D eigenvalue weighted by atomic mass is 32.2. The van der Waals surface area contributed by atoms with Crippen molar-refractivity contribution < 1.29 is 13.2 Å². The van der Waals surface area contributed by atoms with E-state index in [0.29, 0.717) is 22.6 Å². The second-order valence-electron chi connectivity index (χ2n) is 7.46. The predicted octanol–water partition coefficient (Wildman–Crippen LogP) is 2.18. The van der Waals surface area contributed by atoms with Crippen molar-refractivity contribution in [1.29, 1.82) is 0 Å². The Labute approximate surface area is 166 Å². The third-order valence-electron chi connectivity index (χ3n) is 4.28. The summed E-state index contributed by atoms with van der Waals surface area (Å²) >= 11 is 0. The van der Waals surface area contributed by atoms with Crippen LogP contribution in [0.3, 0.4) is 0 Å². The lowest BCUT2D eigenvalue weighted by Gasteiger charge is -2.25. The van der Waals surface area contributed by atoms with Gasteiger partial charge in [-0.15, -0.1) is 6.42 Å². The molecule has 0 aliphatic heterocycles. The molecule has 0 saturated heterocycles. The summed E-state index contributed by atoms with van der Waals surface area (Å²) in [6.45, 7) is 8.84. The van der Waals surface area contributed by atoms with Gasteiger partial charge >= 0.3 is 0 Å². The molecule has 150 valence electrons. The highest BCUT2D eigenvalue weighted by Gasteiger charge is 2.34. The van der Waals surface area contributed by atoms with Gasteiger partial charge in [0.15, 0.2) is 0 Å². The minimum atomic E-state index is -4.06. The van der Waals surface area contributed by atoms with Gasteiger partial charge in [0.1, 0.15) is 11.4 Å². The number of anilines is 1. The third kappa shape index (κ3) is 4.04. The zero-order valence-corrected chi connectivity index (χ0v) is 17.9. The van der Waals surface area contributed by atoms with E-state index in [9.17, 15) is 13.2 Å². The summed E-state index contributed by atoms with van der Waals surface area (Å²) in [5, 5.41) is 6.90. The Kier molecular flexibility index (Phi) is 5.90. The number of amides is 1. The van der Waals surface area contributed by atoms with Crippen molar-refractivity contribution in [2.24, 2.45) is 0 Å². The lowest BCUT2D eigenvalue weighted by atomic mass is 10.1. The molecule has 0 spiro atoms. The van der Waals surface area contributed by atoms with Crippen LogP contribution in [0.2, 0.25) is 0 Å². The molecule has 0 radical (unpaired) electrons. The van der Waals surface area contributed by atoms with Crippen LogP contribution in [0.15, 0.2) is 29.2 Å². The van der Waals surface area contributed by atoms with Crippen LogP contribution in [0.4, 0.5) is 5.69 Å². The fraction of sp³-hybridized carbons (Fsp3) is 0.400. The lowest BCUT2D eigenvalue weighted by molar-refractivity contribution is -0.119. The molecule has 0 atom stereocenters. The molecule has 0 aliphatic carbocycles. The highest BCUT2D eigenvalue weighted by Crippen LogP contribution is 2.30. The van der Waals surface area contributed by atoms with Crippen LogP contribution < -0.4 is 9.62 Å². The number of terminal acetylenes is 1. The summed E-state index contributed by atoms with van der Waals surface area (Å²) in [7, 11) is -2.61. The maximum absolute atomic E-state index is 13.6. The second kappa shape index (κ2) is 7.68. The van der Waals surface area contributed by atoms with Crippen molar-refractivity contribution in [3.63, 3.8) is 0 Å². The highest BCUT2D eigenvalue weighted by molar-refractivity contribution is 7.93. The number of benzene rings is 1. The summed E-state index contributed by atoms with van der Waals surface area (Å²) in [6, 6.07) is 6.54. The fourth-order valence-electron chi connectivity index (χ4n) is 3.04. The van der Waals surface area contributed by atoms with Gasteiger partial charge in [-0.25, -0.2) is 8.42 Å². The van der Waals surface area contributed by atoms with Crippen LogP contribution in [0.5, 0.6) is 0 Å². The van der Waals surface area contributed by atoms with Gasteiger partial charge in [0.25, 0.3) is 10.0 Å². The van der Waals surface area contributed by atoms with Gasteiger partial charge in [0.05, 0.1) is 22.6 Å². The van der Waals surface area contributed by atoms with Crippen molar-refractivity contribution in [1.82, 2.24) is 15.1 Å². The van der Waals surface area contributed by atoms with E-state index in [1.807, 2.05) is 20.8 Å². The Morgan fingerprint density at radius 2 is 1.96 bits per heavy atom. The fourth-order valence-corrected chi connectivity index (χ4v) is 4.81. The van der Waals surface area contributed by atoms with E-state index in [4.69, 9.17) is 6.42 Å². The number of sulfonamides is 1. The first kappa shape index (κ1) is 21.5. The first-order chi connectivity index (χ1) is 12.9. The second-order valence-corrected chi connectivity index (χ2v) is 9.26. The Morgan fingerprint density at radius 3 is 2.46 bits per heavy atom. The van der Waals surface area contributed by atoms with E-state index in [1.54, 1.807) is 42.8 Å². The SMILES string of the molecule is C#Cc1cccc(N(CC(=O)NC)S(=O)(=O)c2c(C)nn(C(C)(C)C)c2C)c1. The minimum absolute atomic E-state index is 0.0949. The molecule has 0 bridgehead atoms. The van der Waals surface area contributed by atoms with Crippen LogP contribution in [0.25, 0.3) is 0 Å². The Bertz CT molecular complexity index is 1040. The molecule has 0 fully saturated rings. The van der Waals surface area contributed by atoms with Crippen LogP contribution in [0.1, 0.15) is 37.7 Å². The van der Waals surface area contributed by atoms with Crippen molar-refractivity contribution in [3.8, 4) is 12.3 Å². The normalized spacial score (nSPS) is 11.8. The Hall–Kier alpha value is -2.79. The zero-order valence-electron chi connectivity index (χ0n) is 17.1. The van der Waals surface area contributed by atoms with E-state index < -0.39 is 21.5 Å². The van der Waals surface area contributed by atoms with E-state index in [2.05, 4.69) is 16.3 Å². The molecular formula is C20H26N4O3S. The van der Waals surface area contributed by atoms with Crippen molar-refractivity contribution in [2.45, 2.75) is 45.1 Å². The van der Waals surface area contributed by atoms with Crippen molar-refractivity contribution in [2.75, 3.05) is 17.9 Å². The zero-order chi connectivity index (χ0) is 21.3. The van der Waals surface area contributed by atoms with Gasteiger partial charge in [-0.3, -0.25) is 13.8 Å². The number of carbonyl (C=O) groups excluding carboxylic acids is 1. The van der Waals surface area contributed by atoms with Crippen LogP contribution in [0, 0.1) is 26.2 Å². The Balaban J connectivity index is 2.71. The van der Waals surface area contributed by atoms with Gasteiger partial charge in [0.2, 0.25) is 5.91 Å². The number of carbonyl (C=O) groups is 1.